The molecule has 0 bridgehead atoms. The summed E-state index contributed by atoms with van der Waals surface area (Å²) in [5.41, 5.74) is 4.18. The predicted molar refractivity (Wildman–Crippen MR) is 56.5 cm³/mol. The molecular formula is C12H15N. The average Bonchev–Trinajstić information content (AvgIpc) is 2.85. The van der Waals surface area contributed by atoms with E-state index in [9.17, 15) is 0 Å². The zero-order chi connectivity index (χ0) is 9.47. The van der Waals surface area contributed by atoms with Crippen LogP contribution in [0.25, 0.3) is 0 Å². The number of aliphatic imine (C=N–C) groups is 1. The van der Waals surface area contributed by atoms with E-state index >= 15 is 0 Å². The minimum atomic E-state index is 0.254. The first-order chi connectivity index (χ1) is 6.07. The van der Waals surface area contributed by atoms with Crippen molar-refractivity contribution in [2.75, 3.05) is 6.54 Å². The summed E-state index contributed by atoms with van der Waals surface area (Å²) < 4.78 is 0. The molecule has 0 saturated carbocycles. The molecule has 68 valence electrons. The van der Waals surface area contributed by atoms with Gasteiger partial charge in [0.15, 0.2) is 0 Å². The molecule has 1 aliphatic rings. The fourth-order valence-corrected chi connectivity index (χ4v) is 1.38. The molecule has 1 nitrogen and oxygen atoms in total. The Morgan fingerprint density at radius 1 is 1.08 bits per heavy atom. The van der Waals surface area contributed by atoms with E-state index in [2.05, 4.69) is 50.0 Å². The Hall–Kier alpha value is -1.11. The summed E-state index contributed by atoms with van der Waals surface area (Å²) in [6.45, 7) is 7.64. The Balaban J connectivity index is 2.28. The number of hydrogen-bond donors (Lipinski definition) is 0. The van der Waals surface area contributed by atoms with Crippen LogP contribution in [0.1, 0.15) is 31.9 Å². The standard InChI is InChI=1S/C12H15N/c1-12(2,3)10-6-4-9(5-7-10)11-8-13-11/h4-7H,8H2,1-3H3. The first-order valence-corrected chi connectivity index (χ1v) is 4.71. The molecule has 1 aromatic rings. The Labute approximate surface area is 79.5 Å². The van der Waals surface area contributed by atoms with E-state index in [0.29, 0.717) is 0 Å². The van der Waals surface area contributed by atoms with Crippen molar-refractivity contribution in [1.29, 1.82) is 0 Å². The lowest BCUT2D eigenvalue weighted by atomic mass is 9.86. The first kappa shape index (κ1) is 8.49. The van der Waals surface area contributed by atoms with E-state index in [1.54, 1.807) is 0 Å². The van der Waals surface area contributed by atoms with Crippen LogP contribution in [0.4, 0.5) is 0 Å². The van der Waals surface area contributed by atoms with Crippen LogP contribution in [0.3, 0.4) is 0 Å². The van der Waals surface area contributed by atoms with Crippen LogP contribution in [-0.4, -0.2) is 12.3 Å². The molecular weight excluding hydrogens is 158 g/mol. The normalized spacial score (nSPS) is 15.5. The fourth-order valence-electron chi connectivity index (χ4n) is 1.38. The number of benzene rings is 1. The SMILES string of the molecule is CC(C)(C)c1ccc(C2=NC2)cc1. The minimum absolute atomic E-state index is 0.254. The smallest absolute Gasteiger partial charge is 0.0817 e. The zero-order valence-corrected chi connectivity index (χ0v) is 8.46. The molecule has 13 heavy (non-hydrogen) atoms. The van der Waals surface area contributed by atoms with E-state index < -0.39 is 0 Å². The van der Waals surface area contributed by atoms with Crippen molar-refractivity contribution in [3.63, 3.8) is 0 Å². The number of nitrogens with zero attached hydrogens (tertiary/aromatic N) is 1. The van der Waals surface area contributed by atoms with E-state index in [0.717, 1.165) is 6.54 Å². The van der Waals surface area contributed by atoms with Crippen molar-refractivity contribution in [1.82, 2.24) is 0 Å². The number of rotatable bonds is 1. The molecule has 0 N–H and O–H groups in total. The maximum atomic E-state index is 4.18. The van der Waals surface area contributed by atoms with Gasteiger partial charge in [-0.1, -0.05) is 45.0 Å². The molecule has 1 aromatic carbocycles. The molecule has 1 heterocycles. The Morgan fingerprint density at radius 3 is 2.00 bits per heavy atom. The molecule has 1 aliphatic heterocycles. The van der Waals surface area contributed by atoms with Crippen molar-refractivity contribution in [2.24, 2.45) is 4.99 Å². The van der Waals surface area contributed by atoms with Gasteiger partial charge in [-0.3, -0.25) is 4.99 Å². The second-order valence-corrected chi connectivity index (χ2v) is 4.59. The molecule has 0 saturated heterocycles. The van der Waals surface area contributed by atoms with Crippen LogP contribution in [0.2, 0.25) is 0 Å². The highest BCUT2D eigenvalue weighted by molar-refractivity contribution is 6.10. The lowest BCUT2D eigenvalue weighted by molar-refractivity contribution is 0.590. The Morgan fingerprint density at radius 2 is 1.62 bits per heavy atom. The van der Waals surface area contributed by atoms with Gasteiger partial charge >= 0.3 is 0 Å². The molecule has 0 unspecified atom stereocenters. The van der Waals surface area contributed by atoms with Gasteiger partial charge in [0.1, 0.15) is 0 Å². The summed E-state index contributed by atoms with van der Waals surface area (Å²) in [5, 5.41) is 0. The molecule has 0 amide bonds. The maximum absolute atomic E-state index is 4.18. The second kappa shape index (κ2) is 2.69. The molecule has 0 fully saturated rings. The Kier molecular flexibility index (Phi) is 1.76. The third-order valence-electron chi connectivity index (χ3n) is 2.40. The van der Waals surface area contributed by atoms with Gasteiger partial charge in [-0.05, 0) is 16.5 Å². The summed E-state index contributed by atoms with van der Waals surface area (Å²) in [7, 11) is 0. The van der Waals surface area contributed by atoms with Gasteiger partial charge in [-0.2, -0.15) is 0 Å². The van der Waals surface area contributed by atoms with Crippen LogP contribution >= 0.6 is 0 Å². The maximum Gasteiger partial charge on any atom is 0.0817 e. The molecule has 0 spiro atoms. The third-order valence-corrected chi connectivity index (χ3v) is 2.40. The van der Waals surface area contributed by atoms with Crippen molar-refractivity contribution in [3.05, 3.63) is 35.4 Å². The second-order valence-electron chi connectivity index (χ2n) is 4.59. The molecule has 0 atom stereocenters. The lowest BCUT2D eigenvalue weighted by Gasteiger charge is -2.18. The fraction of sp³-hybridized carbons (Fsp3) is 0.417. The van der Waals surface area contributed by atoms with Gasteiger partial charge in [0.25, 0.3) is 0 Å². The quantitative estimate of drug-likeness (QED) is 0.619. The third kappa shape index (κ3) is 1.80. The topological polar surface area (TPSA) is 12.4 Å². The van der Waals surface area contributed by atoms with Gasteiger partial charge in [0.05, 0.1) is 12.3 Å². The summed E-state index contributed by atoms with van der Waals surface area (Å²) in [6.07, 6.45) is 0. The van der Waals surface area contributed by atoms with Crippen LogP contribution in [0.15, 0.2) is 29.3 Å². The van der Waals surface area contributed by atoms with E-state index in [1.165, 1.54) is 16.8 Å². The van der Waals surface area contributed by atoms with E-state index in [-0.39, 0.29) is 5.41 Å². The zero-order valence-electron chi connectivity index (χ0n) is 8.46. The first-order valence-electron chi connectivity index (χ1n) is 4.71. The van der Waals surface area contributed by atoms with Gasteiger partial charge in [-0.25, -0.2) is 0 Å². The molecule has 0 aliphatic carbocycles. The molecule has 2 rings (SSSR count). The highest BCUT2D eigenvalue weighted by Crippen LogP contribution is 2.23. The predicted octanol–water partition coefficient (Wildman–Crippen LogP) is 2.79. The van der Waals surface area contributed by atoms with Gasteiger partial charge in [0.2, 0.25) is 0 Å². The van der Waals surface area contributed by atoms with E-state index in [4.69, 9.17) is 0 Å². The van der Waals surface area contributed by atoms with Crippen LogP contribution in [0.5, 0.6) is 0 Å². The number of hydrogen-bond acceptors (Lipinski definition) is 1. The monoisotopic (exact) mass is 173 g/mol. The summed E-state index contributed by atoms with van der Waals surface area (Å²) in [6, 6.07) is 8.76. The van der Waals surface area contributed by atoms with Crippen LogP contribution in [-0.2, 0) is 5.41 Å². The lowest BCUT2D eigenvalue weighted by Crippen LogP contribution is -2.10. The molecule has 1 heteroatoms. The highest BCUT2D eigenvalue weighted by Gasteiger charge is 2.15. The largest absolute Gasteiger partial charge is 0.281 e. The van der Waals surface area contributed by atoms with Crippen LogP contribution in [0, 0.1) is 0 Å². The van der Waals surface area contributed by atoms with Gasteiger partial charge in [-0.15, -0.1) is 0 Å². The van der Waals surface area contributed by atoms with Crippen LogP contribution < -0.4 is 0 Å². The average molecular weight is 173 g/mol. The summed E-state index contributed by atoms with van der Waals surface area (Å²) in [5.74, 6) is 0. The van der Waals surface area contributed by atoms with Crippen molar-refractivity contribution in [3.8, 4) is 0 Å². The summed E-state index contributed by atoms with van der Waals surface area (Å²) in [4.78, 5) is 4.18. The molecule has 0 radical (unpaired) electrons. The van der Waals surface area contributed by atoms with E-state index in [1.807, 2.05) is 0 Å². The Bertz CT molecular complexity index is 338. The van der Waals surface area contributed by atoms with Crippen molar-refractivity contribution >= 4 is 5.71 Å². The molecule has 0 aromatic heterocycles. The summed E-state index contributed by atoms with van der Waals surface area (Å²) >= 11 is 0. The van der Waals surface area contributed by atoms with Gasteiger partial charge < -0.3 is 0 Å². The highest BCUT2D eigenvalue weighted by atomic mass is 14.9. The minimum Gasteiger partial charge on any atom is -0.281 e. The van der Waals surface area contributed by atoms with Gasteiger partial charge in [0, 0.05) is 0 Å². The van der Waals surface area contributed by atoms with Crippen molar-refractivity contribution < 1.29 is 0 Å². The van der Waals surface area contributed by atoms with Crippen molar-refractivity contribution in [2.45, 2.75) is 26.2 Å².